The summed E-state index contributed by atoms with van der Waals surface area (Å²) in [7, 11) is 0. The molecule has 0 rings (SSSR count). The van der Waals surface area contributed by atoms with Crippen molar-refractivity contribution in [1.29, 1.82) is 0 Å². The molecule has 0 aromatic heterocycles. The van der Waals surface area contributed by atoms with Crippen LogP contribution in [0.3, 0.4) is 0 Å². The summed E-state index contributed by atoms with van der Waals surface area (Å²) in [6.45, 7) is 1.51. The lowest BCUT2D eigenvalue weighted by Crippen LogP contribution is -2.42. The van der Waals surface area contributed by atoms with E-state index in [-0.39, 0.29) is 24.9 Å². The second kappa shape index (κ2) is 4.38. The Morgan fingerprint density at radius 2 is 2.20 bits per heavy atom. The van der Waals surface area contributed by atoms with Crippen molar-refractivity contribution in [2.45, 2.75) is 13.0 Å². The molecule has 4 heteroatoms. The molecule has 0 aromatic rings. The van der Waals surface area contributed by atoms with Gasteiger partial charge in [0.25, 0.3) is 0 Å². The molecule has 0 radical (unpaired) electrons. The zero-order chi connectivity index (χ0) is 8.15. The van der Waals surface area contributed by atoms with Gasteiger partial charge < -0.3 is 16.6 Å². The fourth-order valence-electron chi connectivity index (χ4n) is 0.667. The highest BCUT2D eigenvalue weighted by Crippen LogP contribution is 1.98. The minimum atomic E-state index is -0.616. The van der Waals surface area contributed by atoms with Crippen LogP contribution in [0.2, 0.25) is 0 Å². The van der Waals surface area contributed by atoms with Crippen LogP contribution in [-0.2, 0) is 4.79 Å². The van der Waals surface area contributed by atoms with E-state index in [2.05, 4.69) is 0 Å². The molecule has 0 bridgehead atoms. The smallest absolute Gasteiger partial charge is 0.146 e. The average Bonchev–Trinajstić information content (AvgIpc) is 1.90. The van der Waals surface area contributed by atoms with E-state index >= 15 is 0 Å². The number of carbonyl (C=O) groups is 1. The van der Waals surface area contributed by atoms with Gasteiger partial charge in [-0.25, -0.2) is 0 Å². The maximum Gasteiger partial charge on any atom is 0.146 e. The highest BCUT2D eigenvalue weighted by molar-refractivity contribution is 5.81. The fraction of sp³-hybridized carbons (Fsp3) is 0.833. The van der Waals surface area contributed by atoms with E-state index in [1.165, 1.54) is 6.92 Å². The Bertz CT molecular complexity index is 112. The Labute approximate surface area is 60.2 Å². The molecule has 0 amide bonds. The van der Waals surface area contributed by atoms with E-state index in [4.69, 9.17) is 16.6 Å². The number of aliphatic hydroxyl groups excluding tert-OH is 1. The van der Waals surface area contributed by atoms with Crippen LogP contribution in [0.1, 0.15) is 6.92 Å². The first-order valence-corrected chi connectivity index (χ1v) is 3.20. The second-order valence-corrected chi connectivity index (χ2v) is 2.31. The molecule has 4 nitrogen and oxygen atoms in total. The summed E-state index contributed by atoms with van der Waals surface area (Å²) in [6, 6.07) is -0.616. The third-order valence-corrected chi connectivity index (χ3v) is 1.51. The first kappa shape index (κ1) is 9.55. The zero-order valence-corrected chi connectivity index (χ0v) is 6.08. The zero-order valence-electron chi connectivity index (χ0n) is 6.08. The number of hydrogen-bond donors (Lipinski definition) is 3. The summed E-state index contributed by atoms with van der Waals surface area (Å²) in [5.74, 6) is -0.429. The normalized spacial score (nSPS) is 16.4. The Morgan fingerprint density at radius 3 is 2.30 bits per heavy atom. The lowest BCUT2D eigenvalue weighted by Gasteiger charge is -2.16. The van der Waals surface area contributed by atoms with Gasteiger partial charge in [-0.1, -0.05) is 0 Å². The molecule has 0 saturated heterocycles. The standard InChI is InChI=1S/C6H14N2O2/c1-4(10)6(8)5(2-7)3-9/h5-6,9H,2-3,7-8H2,1H3. The van der Waals surface area contributed by atoms with Crippen LogP contribution in [0.5, 0.6) is 0 Å². The largest absolute Gasteiger partial charge is 0.396 e. The van der Waals surface area contributed by atoms with Crippen LogP contribution in [0.4, 0.5) is 0 Å². The molecule has 0 aliphatic heterocycles. The molecule has 0 saturated carbocycles. The molecule has 0 fully saturated rings. The topological polar surface area (TPSA) is 89.3 Å². The monoisotopic (exact) mass is 146 g/mol. The van der Waals surface area contributed by atoms with Crippen molar-refractivity contribution >= 4 is 5.78 Å². The fourth-order valence-corrected chi connectivity index (χ4v) is 0.667. The van der Waals surface area contributed by atoms with Crippen molar-refractivity contribution in [1.82, 2.24) is 0 Å². The third-order valence-electron chi connectivity index (χ3n) is 1.51. The van der Waals surface area contributed by atoms with E-state index in [1.807, 2.05) is 0 Å². The molecule has 0 aliphatic carbocycles. The van der Waals surface area contributed by atoms with Gasteiger partial charge in [0, 0.05) is 12.5 Å². The van der Waals surface area contributed by atoms with Gasteiger partial charge in [0.05, 0.1) is 6.04 Å². The number of Topliss-reactive ketones (excluding diaryl/α,β-unsaturated/α-hetero) is 1. The minimum Gasteiger partial charge on any atom is -0.396 e. The maximum atomic E-state index is 10.6. The molecule has 0 aromatic carbocycles. The average molecular weight is 146 g/mol. The number of rotatable bonds is 4. The number of hydrogen-bond acceptors (Lipinski definition) is 4. The summed E-state index contributed by atoms with van der Waals surface area (Å²) < 4.78 is 0. The predicted molar refractivity (Wildman–Crippen MR) is 38.3 cm³/mol. The third kappa shape index (κ3) is 2.43. The maximum absolute atomic E-state index is 10.6. The van der Waals surface area contributed by atoms with Gasteiger partial charge in [-0.2, -0.15) is 0 Å². The SMILES string of the molecule is CC(=O)C(N)C(CN)CO. The van der Waals surface area contributed by atoms with Gasteiger partial charge in [0.2, 0.25) is 0 Å². The molecule has 60 valence electrons. The Kier molecular flexibility index (Phi) is 4.18. The number of ketones is 1. The van der Waals surface area contributed by atoms with Crippen LogP contribution in [0.15, 0.2) is 0 Å². The van der Waals surface area contributed by atoms with Gasteiger partial charge in [0.15, 0.2) is 0 Å². The van der Waals surface area contributed by atoms with Crippen molar-refractivity contribution in [3.05, 3.63) is 0 Å². The van der Waals surface area contributed by atoms with Crippen molar-refractivity contribution in [3.63, 3.8) is 0 Å². The number of aliphatic hydroxyl groups is 1. The summed E-state index contributed by atoms with van der Waals surface area (Å²) in [6.07, 6.45) is 0. The highest BCUT2D eigenvalue weighted by atomic mass is 16.3. The highest BCUT2D eigenvalue weighted by Gasteiger charge is 2.18. The predicted octanol–water partition coefficient (Wildman–Crippen LogP) is -1.53. The number of nitrogens with two attached hydrogens (primary N) is 2. The van der Waals surface area contributed by atoms with Gasteiger partial charge in [-0.15, -0.1) is 0 Å². The molecular formula is C6H14N2O2. The van der Waals surface area contributed by atoms with E-state index in [0.29, 0.717) is 0 Å². The van der Waals surface area contributed by atoms with E-state index in [1.54, 1.807) is 0 Å². The van der Waals surface area contributed by atoms with Gasteiger partial charge in [-0.3, -0.25) is 4.79 Å². The van der Waals surface area contributed by atoms with Crippen LogP contribution >= 0.6 is 0 Å². The van der Waals surface area contributed by atoms with Crippen LogP contribution in [0.25, 0.3) is 0 Å². The molecule has 5 N–H and O–H groups in total. The summed E-state index contributed by atoms with van der Waals surface area (Å²) in [4.78, 5) is 10.6. The molecule has 10 heavy (non-hydrogen) atoms. The molecule has 0 aliphatic rings. The summed E-state index contributed by atoms with van der Waals surface area (Å²) in [5.41, 5.74) is 10.6. The van der Waals surface area contributed by atoms with E-state index < -0.39 is 6.04 Å². The Hall–Kier alpha value is -0.450. The molecule has 2 unspecified atom stereocenters. The lowest BCUT2D eigenvalue weighted by atomic mass is 9.99. The van der Waals surface area contributed by atoms with E-state index in [0.717, 1.165) is 0 Å². The van der Waals surface area contributed by atoms with Gasteiger partial charge in [0.1, 0.15) is 5.78 Å². The van der Waals surface area contributed by atoms with Crippen molar-refractivity contribution in [3.8, 4) is 0 Å². The van der Waals surface area contributed by atoms with Gasteiger partial charge >= 0.3 is 0 Å². The summed E-state index contributed by atoms with van der Waals surface area (Å²) in [5, 5.41) is 8.63. The Balaban J connectivity index is 3.88. The van der Waals surface area contributed by atoms with Crippen LogP contribution in [0, 0.1) is 5.92 Å². The van der Waals surface area contributed by atoms with Gasteiger partial charge in [-0.05, 0) is 13.5 Å². The van der Waals surface area contributed by atoms with Crippen molar-refractivity contribution < 1.29 is 9.90 Å². The van der Waals surface area contributed by atoms with Crippen LogP contribution in [-0.4, -0.2) is 30.1 Å². The minimum absolute atomic E-state index is 0.128. The van der Waals surface area contributed by atoms with E-state index in [9.17, 15) is 4.79 Å². The quantitative estimate of drug-likeness (QED) is 0.449. The first-order chi connectivity index (χ1) is 4.63. The van der Waals surface area contributed by atoms with Crippen molar-refractivity contribution in [2.75, 3.05) is 13.2 Å². The molecule has 0 heterocycles. The van der Waals surface area contributed by atoms with Crippen LogP contribution < -0.4 is 11.5 Å². The van der Waals surface area contributed by atoms with Crippen molar-refractivity contribution in [2.24, 2.45) is 17.4 Å². The summed E-state index contributed by atoms with van der Waals surface area (Å²) >= 11 is 0. The Morgan fingerprint density at radius 1 is 1.70 bits per heavy atom. The molecule has 0 spiro atoms. The lowest BCUT2D eigenvalue weighted by molar-refractivity contribution is -0.119. The first-order valence-electron chi connectivity index (χ1n) is 3.20. The number of carbonyl (C=O) groups excluding carboxylic acids is 1. The second-order valence-electron chi connectivity index (χ2n) is 2.31. The molecule has 2 atom stereocenters. The molecular weight excluding hydrogens is 132 g/mol.